The summed E-state index contributed by atoms with van der Waals surface area (Å²) in [5.41, 5.74) is 1.33. The maximum absolute atomic E-state index is 4.30. The summed E-state index contributed by atoms with van der Waals surface area (Å²) in [6.45, 7) is 9.73. The van der Waals surface area contributed by atoms with Crippen molar-refractivity contribution in [3.05, 3.63) is 18.0 Å². The molecule has 1 aromatic heterocycles. The summed E-state index contributed by atoms with van der Waals surface area (Å²) < 4.78 is 2.08. The second kappa shape index (κ2) is 4.77. The van der Waals surface area contributed by atoms with Gasteiger partial charge in [0.15, 0.2) is 0 Å². The minimum atomic E-state index is 0.624. The maximum Gasteiger partial charge on any atom is 0.0524 e. The molecular weight excluding hydrogens is 188 g/mol. The molecule has 1 saturated heterocycles. The highest BCUT2D eigenvalue weighted by Gasteiger charge is 2.18. The van der Waals surface area contributed by atoms with E-state index in [0.29, 0.717) is 6.04 Å². The molecule has 2 heterocycles. The summed E-state index contributed by atoms with van der Waals surface area (Å²) in [7, 11) is 0. The molecule has 0 unspecified atom stereocenters. The summed E-state index contributed by atoms with van der Waals surface area (Å²) in [4.78, 5) is 2.51. The smallest absolute Gasteiger partial charge is 0.0524 e. The van der Waals surface area contributed by atoms with E-state index in [9.17, 15) is 0 Å². The lowest BCUT2D eigenvalue weighted by atomic mass is 10.2. The van der Waals surface area contributed by atoms with Gasteiger partial charge in [-0.3, -0.25) is 9.58 Å². The fourth-order valence-electron chi connectivity index (χ4n) is 2.11. The number of hydrogen-bond donors (Lipinski definition) is 1. The quantitative estimate of drug-likeness (QED) is 0.793. The molecule has 1 fully saturated rings. The van der Waals surface area contributed by atoms with Crippen LogP contribution in [0.1, 0.15) is 19.5 Å². The molecule has 1 N–H and O–H groups in total. The lowest BCUT2D eigenvalue weighted by molar-refractivity contribution is 0.161. The van der Waals surface area contributed by atoms with Crippen LogP contribution in [0.5, 0.6) is 0 Å². The van der Waals surface area contributed by atoms with Crippen molar-refractivity contribution in [3.8, 4) is 0 Å². The van der Waals surface area contributed by atoms with E-state index in [1.165, 1.54) is 5.69 Å². The normalized spacial score (nSPS) is 23.2. The van der Waals surface area contributed by atoms with E-state index < -0.39 is 0 Å². The fraction of sp³-hybridized carbons (Fsp3) is 0.727. The van der Waals surface area contributed by atoms with Crippen molar-refractivity contribution in [1.29, 1.82) is 0 Å². The minimum absolute atomic E-state index is 0.624. The van der Waals surface area contributed by atoms with Crippen LogP contribution < -0.4 is 5.32 Å². The number of aryl methyl sites for hydroxylation is 1. The van der Waals surface area contributed by atoms with Crippen LogP contribution in [0.2, 0.25) is 0 Å². The Labute approximate surface area is 91.3 Å². The predicted molar refractivity (Wildman–Crippen MR) is 60.6 cm³/mol. The minimum Gasteiger partial charge on any atom is -0.314 e. The Bertz CT molecular complexity index is 307. The second-order valence-electron chi connectivity index (χ2n) is 4.16. The summed E-state index contributed by atoms with van der Waals surface area (Å²) >= 11 is 0. The van der Waals surface area contributed by atoms with E-state index in [0.717, 1.165) is 32.7 Å². The molecule has 0 spiro atoms. The van der Waals surface area contributed by atoms with Gasteiger partial charge in [0.2, 0.25) is 0 Å². The van der Waals surface area contributed by atoms with Crippen LogP contribution in [0.15, 0.2) is 12.3 Å². The lowest BCUT2D eigenvalue weighted by Gasteiger charge is -2.33. The van der Waals surface area contributed by atoms with Crippen LogP contribution in [0.25, 0.3) is 0 Å². The zero-order valence-electron chi connectivity index (χ0n) is 9.61. The highest BCUT2D eigenvalue weighted by Crippen LogP contribution is 2.09. The van der Waals surface area contributed by atoms with Crippen molar-refractivity contribution in [3.63, 3.8) is 0 Å². The van der Waals surface area contributed by atoms with Gasteiger partial charge < -0.3 is 5.32 Å². The average molecular weight is 208 g/mol. The molecule has 0 radical (unpaired) electrons. The average Bonchev–Trinajstić information content (AvgIpc) is 2.69. The molecule has 0 amide bonds. The Hall–Kier alpha value is -0.870. The van der Waals surface area contributed by atoms with Gasteiger partial charge in [0, 0.05) is 45.0 Å². The largest absolute Gasteiger partial charge is 0.314 e. The summed E-state index contributed by atoms with van der Waals surface area (Å²) in [6, 6.07) is 2.75. The molecule has 1 aliphatic rings. The van der Waals surface area contributed by atoms with E-state index in [1.54, 1.807) is 0 Å². The molecular formula is C11H20N4. The summed E-state index contributed by atoms with van der Waals surface area (Å²) in [6.07, 6.45) is 1.89. The molecule has 0 bridgehead atoms. The van der Waals surface area contributed by atoms with E-state index in [1.807, 2.05) is 6.20 Å². The van der Waals surface area contributed by atoms with Crippen molar-refractivity contribution < 1.29 is 0 Å². The monoisotopic (exact) mass is 208 g/mol. The van der Waals surface area contributed by atoms with Crippen molar-refractivity contribution in [2.45, 2.75) is 33.0 Å². The number of nitrogens with zero attached hydrogens (tertiary/aromatic N) is 3. The third kappa shape index (κ3) is 2.38. The first-order valence-corrected chi connectivity index (χ1v) is 5.76. The van der Waals surface area contributed by atoms with Gasteiger partial charge in [0.1, 0.15) is 0 Å². The van der Waals surface area contributed by atoms with Gasteiger partial charge in [-0.2, -0.15) is 5.10 Å². The van der Waals surface area contributed by atoms with Gasteiger partial charge in [0.25, 0.3) is 0 Å². The third-order valence-corrected chi connectivity index (χ3v) is 3.11. The number of nitrogens with one attached hydrogen (secondary N) is 1. The van der Waals surface area contributed by atoms with Crippen LogP contribution in [0, 0.1) is 0 Å². The van der Waals surface area contributed by atoms with Crippen LogP contribution >= 0.6 is 0 Å². The van der Waals surface area contributed by atoms with Gasteiger partial charge >= 0.3 is 0 Å². The first kappa shape index (κ1) is 10.6. The zero-order valence-corrected chi connectivity index (χ0v) is 9.61. The van der Waals surface area contributed by atoms with Crippen molar-refractivity contribution in [2.24, 2.45) is 0 Å². The Balaban J connectivity index is 2.01. The SMILES string of the molecule is CCn1nccc1CN1CCNC[C@@H]1C. The molecule has 84 valence electrons. The van der Waals surface area contributed by atoms with Gasteiger partial charge in [-0.1, -0.05) is 0 Å². The van der Waals surface area contributed by atoms with Gasteiger partial charge in [-0.05, 0) is 19.9 Å². The van der Waals surface area contributed by atoms with Crippen LogP contribution in [-0.2, 0) is 13.1 Å². The molecule has 0 aliphatic carbocycles. The highest BCUT2D eigenvalue weighted by atomic mass is 15.3. The Morgan fingerprint density at radius 1 is 1.60 bits per heavy atom. The van der Waals surface area contributed by atoms with Crippen molar-refractivity contribution in [2.75, 3.05) is 19.6 Å². The predicted octanol–water partition coefficient (Wildman–Crippen LogP) is 0.697. The Morgan fingerprint density at radius 3 is 3.20 bits per heavy atom. The van der Waals surface area contributed by atoms with Crippen molar-refractivity contribution in [1.82, 2.24) is 20.0 Å². The maximum atomic E-state index is 4.30. The van der Waals surface area contributed by atoms with Crippen LogP contribution in [0.4, 0.5) is 0 Å². The van der Waals surface area contributed by atoms with Gasteiger partial charge in [-0.25, -0.2) is 0 Å². The van der Waals surface area contributed by atoms with Crippen LogP contribution in [0.3, 0.4) is 0 Å². The second-order valence-corrected chi connectivity index (χ2v) is 4.16. The summed E-state index contributed by atoms with van der Waals surface area (Å²) in [5, 5.41) is 7.71. The van der Waals surface area contributed by atoms with Crippen molar-refractivity contribution >= 4 is 0 Å². The van der Waals surface area contributed by atoms with Gasteiger partial charge in [0.05, 0.1) is 5.69 Å². The van der Waals surface area contributed by atoms with E-state index in [2.05, 4.69) is 39.9 Å². The first-order valence-electron chi connectivity index (χ1n) is 5.76. The molecule has 4 nitrogen and oxygen atoms in total. The molecule has 2 rings (SSSR count). The van der Waals surface area contributed by atoms with E-state index in [-0.39, 0.29) is 0 Å². The van der Waals surface area contributed by atoms with Crippen LogP contribution in [-0.4, -0.2) is 40.4 Å². The number of hydrogen-bond acceptors (Lipinski definition) is 3. The molecule has 1 aromatic rings. The molecule has 15 heavy (non-hydrogen) atoms. The summed E-state index contributed by atoms with van der Waals surface area (Å²) in [5.74, 6) is 0. The molecule has 1 atom stereocenters. The molecule has 0 saturated carbocycles. The molecule has 1 aliphatic heterocycles. The standard InChI is InChI=1S/C11H20N4/c1-3-15-11(4-5-13-15)9-14-7-6-12-8-10(14)2/h4-5,10,12H,3,6-9H2,1-2H3/t10-/m0/s1. The number of piperazine rings is 1. The lowest BCUT2D eigenvalue weighted by Crippen LogP contribution is -2.49. The Morgan fingerprint density at radius 2 is 2.47 bits per heavy atom. The van der Waals surface area contributed by atoms with E-state index in [4.69, 9.17) is 0 Å². The molecule has 4 heteroatoms. The topological polar surface area (TPSA) is 33.1 Å². The fourth-order valence-corrected chi connectivity index (χ4v) is 2.11. The van der Waals surface area contributed by atoms with Gasteiger partial charge in [-0.15, -0.1) is 0 Å². The highest BCUT2D eigenvalue weighted by molar-refractivity contribution is 5.01. The number of rotatable bonds is 3. The van der Waals surface area contributed by atoms with E-state index >= 15 is 0 Å². The first-order chi connectivity index (χ1) is 7.31. The third-order valence-electron chi connectivity index (χ3n) is 3.11. The molecule has 0 aromatic carbocycles. The Kier molecular flexibility index (Phi) is 3.38. The number of aromatic nitrogens is 2. The zero-order chi connectivity index (χ0) is 10.7.